The summed E-state index contributed by atoms with van der Waals surface area (Å²) < 4.78 is 26.4. The van der Waals surface area contributed by atoms with Crippen molar-refractivity contribution < 1.29 is 13.6 Å². The van der Waals surface area contributed by atoms with Crippen LogP contribution in [0.25, 0.3) is 0 Å². The van der Waals surface area contributed by atoms with E-state index < -0.39 is 17.7 Å². The van der Waals surface area contributed by atoms with Gasteiger partial charge in [0.2, 0.25) is 5.96 Å². The Morgan fingerprint density at radius 3 is 2.81 bits per heavy atom. The van der Waals surface area contributed by atoms with Crippen LogP contribution in [0.1, 0.15) is 0 Å². The predicted molar refractivity (Wildman–Crippen MR) is 74.9 cm³/mol. The fraction of sp³-hybridized carbons (Fsp3) is 0.143. The van der Waals surface area contributed by atoms with Crippen molar-refractivity contribution in [1.29, 1.82) is 0 Å². The lowest BCUT2D eigenvalue weighted by Gasteiger charge is -2.13. The van der Waals surface area contributed by atoms with E-state index in [1.807, 2.05) is 24.3 Å². The first-order chi connectivity index (χ1) is 10.1. The number of aliphatic imine (C=N–C) groups is 1. The highest BCUT2D eigenvalue weighted by atomic mass is 19.1. The molecule has 0 aromatic heterocycles. The number of rotatable bonds is 1. The number of benzene rings is 1. The van der Waals surface area contributed by atoms with Gasteiger partial charge < -0.3 is 10.6 Å². The molecule has 0 bridgehead atoms. The van der Waals surface area contributed by atoms with Crippen molar-refractivity contribution in [3.05, 3.63) is 54.1 Å². The van der Waals surface area contributed by atoms with Crippen LogP contribution in [0.15, 0.2) is 47.5 Å². The Morgan fingerprint density at radius 2 is 2.00 bits per heavy atom. The molecule has 5 nitrogen and oxygen atoms in total. The number of nitrogens with zero attached hydrogens (tertiary/aromatic N) is 1. The summed E-state index contributed by atoms with van der Waals surface area (Å²) in [6.45, 7) is 0. The molecule has 1 aliphatic heterocycles. The van der Waals surface area contributed by atoms with E-state index in [0.29, 0.717) is 0 Å². The van der Waals surface area contributed by atoms with E-state index in [9.17, 15) is 13.6 Å². The first kappa shape index (κ1) is 13.3. The molecule has 7 heteroatoms. The quantitative estimate of drug-likeness (QED) is 0.739. The number of anilines is 1. The zero-order chi connectivity index (χ0) is 14.8. The van der Waals surface area contributed by atoms with E-state index in [2.05, 4.69) is 20.9 Å². The minimum Gasteiger partial charge on any atom is -0.347 e. The van der Waals surface area contributed by atoms with Crippen LogP contribution >= 0.6 is 0 Å². The summed E-state index contributed by atoms with van der Waals surface area (Å²) in [6.07, 6.45) is 7.58. The number of hydrogen-bond donors (Lipinski definition) is 3. The van der Waals surface area contributed by atoms with Crippen LogP contribution in [-0.2, 0) is 0 Å². The average Bonchev–Trinajstić information content (AvgIpc) is 2.84. The van der Waals surface area contributed by atoms with E-state index >= 15 is 0 Å². The molecule has 1 heterocycles. The second-order valence-electron chi connectivity index (χ2n) is 4.61. The van der Waals surface area contributed by atoms with Gasteiger partial charge in [0.05, 0.1) is 17.8 Å². The molecule has 1 aromatic carbocycles. The number of allylic oxidation sites excluding steroid dienone is 2. The topological polar surface area (TPSA) is 65.5 Å². The third kappa shape index (κ3) is 2.91. The maximum Gasteiger partial charge on any atom is 0.326 e. The number of amides is 2. The highest BCUT2D eigenvalue weighted by Crippen LogP contribution is 2.16. The van der Waals surface area contributed by atoms with E-state index in [0.717, 1.165) is 18.2 Å². The normalized spacial score (nSPS) is 22.3. The molecular weight excluding hydrogens is 278 g/mol. The molecule has 0 saturated heterocycles. The van der Waals surface area contributed by atoms with Gasteiger partial charge in [0.15, 0.2) is 0 Å². The number of fused-ring (bicyclic) bond motifs is 1. The fourth-order valence-corrected chi connectivity index (χ4v) is 2.12. The largest absolute Gasteiger partial charge is 0.347 e. The third-order valence-corrected chi connectivity index (χ3v) is 3.10. The van der Waals surface area contributed by atoms with Crippen LogP contribution in [0.3, 0.4) is 0 Å². The number of urea groups is 1. The van der Waals surface area contributed by atoms with Crippen molar-refractivity contribution in [2.75, 3.05) is 5.32 Å². The van der Waals surface area contributed by atoms with E-state index in [1.165, 1.54) is 0 Å². The van der Waals surface area contributed by atoms with Crippen LogP contribution < -0.4 is 16.0 Å². The highest BCUT2D eigenvalue weighted by molar-refractivity contribution is 6.03. The van der Waals surface area contributed by atoms with Crippen molar-refractivity contribution in [1.82, 2.24) is 10.6 Å². The monoisotopic (exact) mass is 290 g/mol. The van der Waals surface area contributed by atoms with E-state index in [4.69, 9.17) is 0 Å². The number of carbonyl (C=O) groups is 1. The standard InChI is InChI=1S/C14H12F2N4O/c15-8-5-6-9(16)12(7-8)19-14(21)20-13-17-10-3-1-2-4-11(10)18-13/h1-7,10-11H,(H3,17,18,19,20,21). The third-order valence-electron chi connectivity index (χ3n) is 3.10. The molecule has 2 atom stereocenters. The first-order valence-corrected chi connectivity index (χ1v) is 6.34. The SMILES string of the molecule is O=C(NC1=NC2C=CC=CC2N1)Nc1cc(F)ccc1F. The Balaban J connectivity index is 1.64. The van der Waals surface area contributed by atoms with Gasteiger partial charge in [-0.15, -0.1) is 0 Å². The smallest absolute Gasteiger partial charge is 0.326 e. The number of hydrogen-bond acceptors (Lipinski definition) is 3. The Kier molecular flexibility index (Phi) is 3.39. The molecule has 3 N–H and O–H groups in total. The first-order valence-electron chi connectivity index (χ1n) is 6.34. The average molecular weight is 290 g/mol. The lowest BCUT2D eigenvalue weighted by molar-refractivity contribution is 0.256. The number of carbonyl (C=O) groups excluding carboxylic acids is 1. The lowest BCUT2D eigenvalue weighted by atomic mass is 10.1. The molecular formula is C14H12F2N4O. The predicted octanol–water partition coefficient (Wildman–Crippen LogP) is 1.91. The Labute approximate surface area is 119 Å². The van der Waals surface area contributed by atoms with Gasteiger partial charge in [-0.1, -0.05) is 24.3 Å². The molecule has 0 fully saturated rings. The fourth-order valence-electron chi connectivity index (χ4n) is 2.12. The number of guanidine groups is 1. The summed E-state index contributed by atoms with van der Waals surface area (Å²) in [7, 11) is 0. The second kappa shape index (κ2) is 5.35. The second-order valence-corrected chi connectivity index (χ2v) is 4.61. The Bertz CT molecular complexity index is 669. The van der Waals surface area contributed by atoms with Crippen LogP contribution in [0.2, 0.25) is 0 Å². The minimum atomic E-state index is -0.715. The summed E-state index contributed by atoms with van der Waals surface area (Å²) in [5.74, 6) is -1.06. The number of nitrogens with one attached hydrogen (secondary N) is 3. The van der Waals surface area contributed by atoms with Gasteiger partial charge in [-0.3, -0.25) is 5.32 Å². The molecule has 0 saturated carbocycles. The summed E-state index contributed by atoms with van der Waals surface area (Å²) in [6, 6.07) is 2.05. The highest BCUT2D eigenvalue weighted by Gasteiger charge is 2.26. The van der Waals surface area contributed by atoms with Crippen molar-refractivity contribution in [2.24, 2.45) is 4.99 Å². The van der Waals surface area contributed by atoms with E-state index in [-0.39, 0.29) is 23.7 Å². The summed E-state index contributed by atoms with van der Waals surface area (Å²) in [4.78, 5) is 16.0. The summed E-state index contributed by atoms with van der Waals surface area (Å²) >= 11 is 0. The van der Waals surface area contributed by atoms with Crippen LogP contribution in [0.5, 0.6) is 0 Å². The van der Waals surface area contributed by atoms with Gasteiger partial charge in [0.25, 0.3) is 0 Å². The zero-order valence-corrected chi connectivity index (χ0v) is 10.8. The van der Waals surface area contributed by atoms with E-state index in [1.54, 1.807) is 0 Å². The summed E-state index contributed by atoms with van der Waals surface area (Å²) in [5.41, 5.74) is -0.233. The molecule has 21 heavy (non-hydrogen) atoms. The molecule has 2 unspecified atom stereocenters. The van der Waals surface area contributed by atoms with Crippen LogP contribution in [-0.4, -0.2) is 24.1 Å². The van der Waals surface area contributed by atoms with Crippen molar-refractivity contribution in [3.8, 4) is 0 Å². The van der Waals surface area contributed by atoms with Crippen LogP contribution in [0.4, 0.5) is 19.3 Å². The maximum atomic E-state index is 13.4. The van der Waals surface area contributed by atoms with Gasteiger partial charge in [-0.2, -0.15) is 0 Å². The Hall–Kier alpha value is -2.70. The van der Waals surface area contributed by atoms with Crippen LogP contribution in [0, 0.1) is 11.6 Å². The molecule has 2 aliphatic rings. The zero-order valence-electron chi connectivity index (χ0n) is 10.8. The molecule has 3 rings (SSSR count). The van der Waals surface area contributed by atoms with Crippen molar-refractivity contribution >= 4 is 17.7 Å². The molecule has 2 amide bonds. The number of halogens is 2. The van der Waals surface area contributed by atoms with Crippen molar-refractivity contribution in [3.63, 3.8) is 0 Å². The van der Waals surface area contributed by atoms with Gasteiger partial charge >= 0.3 is 6.03 Å². The van der Waals surface area contributed by atoms with Gasteiger partial charge in [-0.05, 0) is 12.1 Å². The summed E-state index contributed by atoms with van der Waals surface area (Å²) in [5, 5.41) is 7.71. The van der Waals surface area contributed by atoms with Gasteiger partial charge in [0.1, 0.15) is 11.6 Å². The molecule has 1 aliphatic carbocycles. The lowest BCUT2D eigenvalue weighted by Crippen LogP contribution is -2.44. The Morgan fingerprint density at radius 1 is 1.19 bits per heavy atom. The van der Waals surface area contributed by atoms with Gasteiger partial charge in [-0.25, -0.2) is 18.6 Å². The molecule has 0 radical (unpaired) electrons. The van der Waals surface area contributed by atoms with Crippen molar-refractivity contribution in [2.45, 2.75) is 12.1 Å². The maximum absolute atomic E-state index is 13.4. The van der Waals surface area contributed by atoms with Gasteiger partial charge in [0, 0.05) is 6.07 Å². The molecule has 0 spiro atoms. The molecule has 1 aromatic rings. The molecule has 108 valence electrons. The minimum absolute atomic E-state index is 0.00351.